The van der Waals surface area contributed by atoms with Crippen molar-refractivity contribution in [3.63, 3.8) is 0 Å². The number of amides is 2. The lowest BCUT2D eigenvalue weighted by molar-refractivity contribution is -0.123. The second-order valence-corrected chi connectivity index (χ2v) is 7.47. The molecule has 3 N–H and O–H groups in total. The smallest absolute Gasteiger partial charge is 0.443 e. The van der Waals surface area contributed by atoms with Crippen LogP contribution in [0.25, 0.3) is 0 Å². The summed E-state index contributed by atoms with van der Waals surface area (Å²) in [5.41, 5.74) is 0.976. The first-order valence-corrected chi connectivity index (χ1v) is 9.52. The van der Waals surface area contributed by atoms with E-state index in [2.05, 4.69) is 20.6 Å². The maximum absolute atomic E-state index is 13.0. The molecule has 0 unspecified atom stereocenters. The molecular formula is C19H24BN4O5-. The van der Waals surface area contributed by atoms with Crippen LogP contribution in [0.4, 0.5) is 0 Å². The molecule has 1 aromatic carbocycles. The Morgan fingerprint density at radius 3 is 2.45 bits per heavy atom. The zero-order chi connectivity index (χ0) is 20.9. The van der Waals surface area contributed by atoms with Gasteiger partial charge in [0, 0.05) is 18.8 Å². The standard InChI is InChI=1S/C19H24BN4O5/c1-13(2)10-17(20(27)28-29-20)24-18(25)15(11-14-6-4-3-5-7-14)23-19(26)16-12-21-8-9-22-16/h3-9,12-13,15,17,27H,10-11H2,1-2H3,(H,23,26)(H,24,25)/q-1/t15-,17-/m0/s1. The number of carbonyl (C=O) groups is 2. The molecule has 1 fully saturated rings. The van der Waals surface area contributed by atoms with E-state index in [0.717, 1.165) is 5.56 Å². The summed E-state index contributed by atoms with van der Waals surface area (Å²) in [6.07, 6.45) is 4.91. The molecule has 29 heavy (non-hydrogen) atoms. The van der Waals surface area contributed by atoms with Crippen molar-refractivity contribution >= 4 is 18.6 Å². The molecule has 2 aromatic rings. The molecule has 0 radical (unpaired) electrons. The summed E-state index contributed by atoms with van der Waals surface area (Å²) in [6.45, 7) is 1.38. The van der Waals surface area contributed by atoms with Crippen LogP contribution >= 0.6 is 0 Å². The van der Waals surface area contributed by atoms with E-state index >= 15 is 0 Å². The van der Waals surface area contributed by atoms with Crippen molar-refractivity contribution in [3.05, 3.63) is 60.2 Å². The van der Waals surface area contributed by atoms with Gasteiger partial charge in [0.15, 0.2) is 0 Å². The predicted molar refractivity (Wildman–Crippen MR) is 105 cm³/mol. The van der Waals surface area contributed by atoms with Crippen LogP contribution < -0.4 is 10.6 Å². The summed E-state index contributed by atoms with van der Waals surface area (Å²) < 4.78 is 0. The highest BCUT2D eigenvalue weighted by Gasteiger charge is 2.49. The van der Waals surface area contributed by atoms with E-state index in [0.29, 0.717) is 6.42 Å². The molecule has 1 saturated heterocycles. The van der Waals surface area contributed by atoms with E-state index in [1.165, 1.54) is 18.6 Å². The SMILES string of the molecule is CC(C)C[C@H](NC(=O)[C@H](Cc1ccccc1)NC(=O)c1cnccn1)[B-]1(O)OO1. The Labute approximate surface area is 168 Å². The summed E-state index contributed by atoms with van der Waals surface area (Å²) in [5, 5.41) is 15.7. The van der Waals surface area contributed by atoms with Crippen LogP contribution in [-0.2, 0) is 20.8 Å². The van der Waals surface area contributed by atoms with Gasteiger partial charge < -0.3 is 25.3 Å². The van der Waals surface area contributed by atoms with E-state index in [1.54, 1.807) is 0 Å². The monoisotopic (exact) mass is 399 g/mol. The third-order valence-corrected chi connectivity index (χ3v) is 4.56. The average molecular weight is 399 g/mol. The molecule has 1 aliphatic heterocycles. The number of nitrogens with one attached hydrogen (secondary N) is 2. The van der Waals surface area contributed by atoms with Crippen molar-refractivity contribution in [1.82, 2.24) is 20.6 Å². The first-order chi connectivity index (χ1) is 13.9. The van der Waals surface area contributed by atoms with Crippen LogP contribution in [0.3, 0.4) is 0 Å². The van der Waals surface area contributed by atoms with Crippen LogP contribution in [0.5, 0.6) is 0 Å². The number of nitrogens with zero attached hydrogens (tertiary/aromatic N) is 2. The van der Waals surface area contributed by atoms with Gasteiger partial charge in [-0.15, -0.1) is 0 Å². The summed E-state index contributed by atoms with van der Waals surface area (Å²) in [6, 6.07) is 8.42. The van der Waals surface area contributed by atoms with E-state index in [-0.39, 0.29) is 18.0 Å². The minimum absolute atomic E-state index is 0.105. The van der Waals surface area contributed by atoms with Crippen molar-refractivity contribution in [2.45, 2.75) is 38.7 Å². The second kappa shape index (κ2) is 9.12. The lowest BCUT2D eigenvalue weighted by Crippen LogP contribution is -2.56. The lowest BCUT2D eigenvalue weighted by atomic mass is 9.69. The maximum atomic E-state index is 13.0. The Morgan fingerprint density at radius 1 is 1.14 bits per heavy atom. The summed E-state index contributed by atoms with van der Waals surface area (Å²) >= 11 is 0. The molecule has 10 heteroatoms. The fourth-order valence-electron chi connectivity index (χ4n) is 3.03. The normalized spacial score (nSPS) is 16.7. The predicted octanol–water partition coefficient (Wildman–Crippen LogP) is 0.781. The minimum Gasteiger partial charge on any atom is -0.556 e. The van der Waals surface area contributed by atoms with Gasteiger partial charge in [-0.3, -0.25) is 14.6 Å². The highest BCUT2D eigenvalue weighted by molar-refractivity contribution is 6.66. The Hall–Kier alpha value is -2.82. The highest BCUT2D eigenvalue weighted by atomic mass is 17.4. The van der Waals surface area contributed by atoms with Crippen molar-refractivity contribution in [2.24, 2.45) is 5.92 Å². The summed E-state index contributed by atoms with van der Waals surface area (Å²) in [5.74, 6) is -1.50. The Morgan fingerprint density at radius 2 is 1.86 bits per heavy atom. The van der Waals surface area contributed by atoms with Crippen molar-refractivity contribution in [2.75, 3.05) is 0 Å². The van der Waals surface area contributed by atoms with Crippen LogP contribution in [-0.4, -0.2) is 45.5 Å². The Bertz CT molecular complexity index is 833. The number of aromatic nitrogens is 2. The van der Waals surface area contributed by atoms with Gasteiger partial charge >= 0.3 is 6.75 Å². The van der Waals surface area contributed by atoms with Gasteiger partial charge in [0.05, 0.1) is 6.20 Å². The largest absolute Gasteiger partial charge is 0.556 e. The van der Waals surface area contributed by atoms with Gasteiger partial charge in [-0.05, 0) is 17.4 Å². The maximum Gasteiger partial charge on any atom is 0.443 e. The number of benzene rings is 1. The number of hydrogen-bond donors (Lipinski definition) is 3. The first-order valence-electron chi connectivity index (χ1n) is 9.52. The van der Waals surface area contributed by atoms with Gasteiger partial charge in [0.25, 0.3) is 5.91 Å². The fourth-order valence-corrected chi connectivity index (χ4v) is 3.03. The van der Waals surface area contributed by atoms with Crippen molar-refractivity contribution in [3.8, 4) is 0 Å². The van der Waals surface area contributed by atoms with E-state index in [1.807, 2.05) is 44.2 Å². The van der Waals surface area contributed by atoms with Gasteiger partial charge in [-0.1, -0.05) is 50.6 Å². The number of hydrogen-bond acceptors (Lipinski definition) is 7. The first kappa shape index (κ1) is 20.9. The second-order valence-electron chi connectivity index (χ2n) is 7.47. The molecule has 0 bridgehead atoms. The molecule has 1 aliphatic rings. The Balaban J connectivity index is 1.75. The van der Waals surface area contributed by atoms with Gasteiger partial charge in [-0.2, -0.15) is 0 Å². The van der Waals surface area contributed by atoms with Crippen LogP contribution in [0.2, 0.25) is 0 Å². The molecule has 3 rings (SSSR count). The third-order valence-electron chi connectivity index (χ3n) is 4.56. The Kier molecular flexibility index (Phi) is 6.58. The molecule has 0 spiro atoms. The molecule has 2 atom stereocenters. The molecule has 9 nitrogen and oxygen atoms in total. The van der Waals surface area contributed by atoms with Crippen LogP contribution in [0, 0.1) is 5.92 Å². The van der Waals surface area contributed by atoms with E-state index < -0.39 is 30.6 Å². The quantitative estimate of drug-likeness (QED) is 0.323. The third kappa shape index (κ3) is 5.83. The zero-order valence-corrected chi connectivity index (χ0v) is 16.3. The topological polar surface area (TPSA) is 129 Å². The summed E-state index contributed by atoms with van der Waals surface area (Å²) in [4.78, 5) is 42.8. The van der Waals surface area contributed by atoms with E-state index in [4.69, 9.17) is 9.61 Å². The molecule has 0 saturated carbocycles. The minimum atomic E-state index is -2.53. The van der Waals surface area contributed by atoms with Crippen LogP contribution in [0.1, 0.15) is 36.3 Å². The lowest BCUT2D eigenvalue weighted by Gasteiger charge is -2.28. The van der Waals surface area contributed by atoms with Gasteiger partial charge in [-0.25, -0.2) is 4.98 Å². The number of carbonyl (C=O) groups excluding carboxylic acids is 2. The molecule has 1 aromatic heterocycles. The highest BCUT2D eigenvalue weighted by Crippen LogP contribution is 2.27. The molecule has 154 valence electrons. The van der Waals surface area contributed by atoms with Crippen LogP contribution in [0.15, 0.2) is 48.9 Å². The zero-order valence-electron chi connectivity index (χ0n) is 16.3. The van der Waals surface area contributed by atoms with Gasteiger partial charge in [0.2, 0.25) is 5.91 Å². The molecule has 0 aliphatic carbocycles. The average Bonchev–Trinajstić information content (AvgIpc) is 3.46. The molecule has 2 amide bonds. The van der Waals surface area contributed by atoms with Crippen molar-refractivity contribution in [1.29, 1.82) is 0 Å². The molecule has 2 heterocycles. The van der Waals surface area contributed by atoms with Crippen molar-refractivity contribution < 1.29 is 24.2 Å². The molecular weight excluding hydrogens is 375 g/mol. The van der Waals surface area contributed by atoms with E-state index in [9.17, 15) is 14.6 Å². The van der Waals surface area contributed by atoms with Gasteiger partial charge in [0.1, 0.15) is 11.7 Å². The number of rotatable bonds is 9. The summed E-state index contributed by atoms with van der Waals surface area (Å²) in [7, 11) is 0. The fraction of sp³-hybridized carbons (Fsp3) is 0.368.